The molecule has 2 heteroatoms. The van der Waals surface area contributed by atoms with Crippen LogP contribution >= 0.6 is 0 Å². The summed E-state index contributed by atoms with van der Waals surface area (Å²) in [5, 5.41) is 9.39. The summed E-state index contributed by atoms with van der Waals surface area (Å²) in [6.45, 7) is 2.06. The highest BCUT2D eigenvalue weighted by Gasteiger charge is 2.30. The van der Waals surface area contributed by atoms with Crippen LogP contribution in [0, 0.1) is 18.8 Å². The first kappa shape index (κ1) is 12.2. The third-order valence-corrected chi connectivity index (χ3v) is 3.99. The van der Waals surface area contributed by atoms with Crippen LogP contribution in [0.5, 0.6) is 0 Å². The van der Waals surface area contributed by atoms with Crippen molar-refractivity contribution in [2.45, 2.75) is 39.0 Å². The molecule has 2 rings (SSSR count). The summed E-state index contributed by atoms with van der Waals surface area (Å²) < 4.78 is 0. The zero-order chi connectivity index (χ0) is 12.3. The van der Waals surface area contributed by atoms with Crippen molar-refractivity contribution in [2.24, 2.45) is 11.8 Å². The third-order valence-electron chi connectivity index (χ3n) is 3.99. The van der Waals surface area contributed by atoms with Crippen LogP contribution in [0.2, 0.25) is 0 Å². The first-order valence-electron chi connectivity index (χ1n) is 6.46. The zero-order valence-corrected chi connectivity index (χ0v) is 10.4. The molecule has 1 N–H and O–H groups in total. The lowest BCUT2D eigenvalue weighted by molar-refractivity contribution is -0.143. The van der Waals surface area contributed by atoms with Gasteiger partial charge in [-0.15, -0.1) is 0 Å². The predicted octanol–water partition coefficient (Wildman–Crippen LogP) is 3.43. The Balaban J connectivity index is 2.12. The van der Waals surface area contributed by atoms with Crippen LogP contribution in [0.1, 0.15) is 36.8 Å². The van der Waals surface area contributed by atoms with E-state index in [2.05, 4.69) is 19.1 Å². The van der Waals surface area contributed by atoms with Crippen molar-refractivity contribution >= 4 is 5.97 Å². The Kier molecular flexibility index (Phi) is 3.82. The molecule has 0 radical (unpaired) electrons. The van der Waals surface area contributed by atoms with Crippen LogP contribution in [0.25, 0.3) is 0 Å². The number of aliphatic carboxylic acids is 1. The molecule has 92 valence electrons. The van der Waals surface area contributed by atoms with E-state index in [1.807, 2.05) is 12.1 Å². The number of carboxylic acids is 1. The molecule has 0 bridgehead atoms. The number of benzene rings is 1. The molecule has 1 aliphatic rings. The van der Waals surface area contributed by atoms with Gasteiger partial charge in [0, 0.05) is 0 Å². The number of hydrogen-bond acceptors (Lipinski definition) is 1. The van der Waals surface area contributed by atoms with Gasteiger partial charge in [-0.1, -0.05) is 37.1 Å². The molecule has 1 saturated carbocycles. The molecule has 1 fully saturated rings. The van der Waals surface area contributed by atoms with E-state index in [0.717, 1.165) is 12.8 Å². The summed E-state index contributed by atoms with van der Waals surface area (Å²) in [5.41, 5.74) is 2.39. The lowest BCUT2D eigenvalue weighted by Gasteiger charge is -2.20. The van der Waals surface area contributed by atoms with E-state index in [0.29, 0.717) is 12.3 Å². The molecule has 2 nitrogen and oxygen atoms in total. The second kappa shape index (κ2) is 5.35. The van der Waals surface area contributed by atoms with Crippen LogP contribution in [-0.4, -0.2) is 11.1 Å². The molecule has 0 heterocycles. The number of carbonyl (C=O) groups is 1. The topological polar surface area (TPSA) is 37.3 Å². The molecule has 0 saturated heterocycles. The Morgan fingerprint density at radius 2 is 2.00 bits per heavy atom. The fraction of sp³-hybridized carbons (Fsp3) is 0.533. The molecular weight excluding hydrogens is 212 g/mol. The Labute approximate surface area is 103 Å². The minimum absolute atomic E-state index is 0.196. The van der Waals surface area contributed by atoms with Gasteiger partial charge in [0.1, 0.15) is 0 Å². The molecule has 0 spiro atoms. The second-order valence-corrected chi connectivity index (χ2v) is 5.12. The van der Waals surface area contributed by atoms with Crippen molar-refractivity contribution in [2.75, 3.05) is 0 Å². The third kappa shape index (κ3) is 2.87. The molecule has 1 aromatic carbocycles. The van der Waals surface area contributed by atoms with Gasteiger partial charge in [-0.3, -0.25) is 4.79 Å². The van der Waals surface area contributed by atoms with Gasteiger partial charge in [0.2, 0.25) is 0 Å². The van der Waals surface area contributed by atoms with Gasteiger partial charge in [-0.25, -0.2) is 0 Å². The normalized spacial score (nSPS) is 18.2. The van der Waals surface area contributed by atoms with Crippen LogP contribution in [0.15, 0.2) is 24.3 Å². The van der Waals surface area contributed by atoms with E-state index in [9.17, 15) is 9.90 Å². The number of aryl methyl sites for hydroxylation is 1. The van der Waals surface area contributed by atoms with Gasteiger partial charge >= 0.3 is 5.97 Å². The van der Waals surface area contributed by atoms with Crippen molar-refractivity contribution in [3.05, 3.63) is 35.4 Å². The van der Waals surface area contributed by atoms with Crippen LogP contribution < -0.4 is 0 Å². The number of rotatable bonds is 4. The molecular formula is C15H20O2. The molecule has 0 aromatic heterocycles. The fourth-order valence-electron chi connectivity index (χ4n) is 2.89. The van der Waals surface area contributed by atoms with E-state index in [4.69, 9.17) is 0 Å². The summed E-state index contributed by atoms with van der Waals surface area (Å²) in [6, 6.07) is 8.11. The van der Waals surface area contributed by atoms with Crippen molar-refractivity contribution in [3.63, 3.8) is 0 Å². The Bertz CT molecular complexity index is 392. The van der Waals surface area contributed by atoms with Gasteiger partial charge in [-0.2, -0.15) is 0 Å². The first-order valence-corrected chi connectivity index (χ1v) is 6.46. The minimum Gasteiger partial charge on any atom is -0.481 e. The highest BCUT2D eigenvalue weighted by molar-refractivity contribution is 5.71. The SMILES string of the molecule is Cc1ccccc1CC(C(=O)O)C1CCCC1. The lowest BCUT2D eigenvalue weighted by Crippen LogP contribution is -2.24. The Hall–Kier alpha value is -1.31. The Morgan fingerprint density at radius 1 is 1.35 bits per heavy atom. The molecule has 17 heavy (non-hydrogen) atoms. The molecule has 0 aliphatic heterocycles. The number of hydrogen-bond donors (Lipinski definition) is 1. The van der Waals surface area contributed by atoms with E-state index in [1.54, 1.807) is 0 Å². The zero-order valence-electron chi connectivity index (χ0n) is 10.4. The lowest BCUT2D eigenvalue weighted by atomic mass is 9.85. The van der Waals surface area contributed by atoms with Crippen LogP contribution in [0.3, 0.4) is 0 Å². The van der Waals surface area contributed by atoms with Crippen molar-refractivity contribution in [1.29, 1.82) is 0 Å². The molecule has 1 unspecified atom stereocenters. The minimum atomic E-state index is -0.625. The predicted molar refractivity (Wildman–Crippen MR) is 68.0 cm³/mol. The largest absolute Gasteiger partial charge is 0.481 e. The van der Waals surface area contributed by atoms with E-state index in [1.165, 1.54) is 24.0 Å². The molecule has 1 atom stereocenters. The fourth-order valence-corrected chi connectivity index (χ4v) is 2.89. The summed E-state index contributed by atoms with van der Waals surface area (Å²) in [4.78, 5) is 11.4. The van der Waals surface area contributed by atoms with Crippen molar-refractivity contribution in [3.8, 4) is 0 Å². The second-order valence-electron chi connectivity index (χ2n) is 5.12. The van der Waals surface area contributed by atoms with Crippen molar-refractivity contribution < 1.29 is 9.90 Å². The number of carboxylic acid groups (broad SMARTS) is 1. The maximum absolute atomic E-state index is 11.4. The maximum Gasteiger partial charge on any atom is 0.307 e. The van der Waals surface area contributed by atoms with E-state index in [-0.39, 0.29) is 5.92 Å². The molecule has 1 aromatic rings. The van der Waals surface area contributed by atoms with Crippen LogP contribution in [-0.2, 0) is 11.2 Å². The standard InChI is InChI=1S/C15H20O2/c1-11-6-2-3-9-13(11)10-14(15(16)17)12-7-4-5-8-12/h2-3,6,9,12,14H,4-5,7-8,10H2,1H3,(H,16,17). The van der Waals surface area contributed by atoms with E-state index >= 15 is 0 Å². The van der Waals surface area contributed by atoms with Gasteiger partial charge in [-0.05, 0) is 43.2 Å². The molecule has 1 aliphatic carbocycles. The van der Waals surface area contributed by atoms with Crippen molar-refractivity contribution in [1.82, 2.24) is 0 Å². The average Bonchev–Trinajstić information content (AvgIpc) is 2.81. The summed E-state index contributed by atoms with van der Waals surface area (Å²) >= 11 is 0. The van der Waals surface area contributed by atoms with Gasteiger partial charge < -0.3 is 5.11 Å². The summed E-state index contributed by atoms with van der Waals surface area (Å²) in [5.74, 6) is -0.439. The molecule has 0 amide bonds. The van der Waals surface area contributed by atoms with E-state index < -0.39 is 5.97 Å². The summed E-state index contributed by atoms with van der Waals surface area (Å²) in [6.07, 6.45) is 5.25. The monoisotopic (exact) mass is 232 g/mol. The first-order chi connectivity index (χ1) is 8.18. The summed E-state index contributed by atoms with van der Waals surface area (Å²) in [7, 11) is 0. The van der Waals surface area contributed by atoms with Gasteiger partial charge in [0.15, 0.2) is 0 Å². The van der Waals surface area contributed by atoms with Gasteiger partial charge in [0.25, 0.3) is 0 Å². The highest BCUT2D eigenvalue weighted by atomic mass is 16.4. The Morgan fingerprint density at radius 3 is 2.59 bits per heavy atom. The smallest absolute Gasteiger partial charge is 0.307 e. The van der Waals surface area contributed by atoms with Gasteiger partial charge in [0.05, 0.1) is 5.92 Å². The quantitative estimate of drug-likeness (QED) is 0.863. The van der Waals surface area contributed by atoms with Crippen LogP contribution in [0.4, 0.5) is 0 Å². The maximum atomic E-state index is 11.4. The average molecular weight is 232 g/mol. The highest BCUT2D eigenvalue weighted by Crippen LogP contribution is 2.33.